The number of aliphatic hydroxyl groups excluding tert-OH is 2. The molecule has 0 radical (unpaired) electrons. The van der Waals surface area contributed by atoms with Gasteiger partial charge in [-0.3, -0.25) is 0 Å². The van der Waals surface area contributed by atoms with E-state index in [1.54, 1.807) is 0 Å². The molecule has 2 atom stereocenters. The molecule has 78 valence electrons. The highest BCUT2D eigenvalue weighted by atomic mass is 35.5. The Labute approximate surface area is 85.8 Å². The topological polar surface area (TPSA) is 99.6 Å². The molecule has 1 aromatic rings. The molecule has 0 aliphatic heterocycles. The molecular formula is C8H11ClN2O3. The Morgan fingerprint density at radius 2 is 2.07 bits per heavy atom. The number of hydrogen-bond donors (Lipinski definition) is 4. The van der Waals surface area contributed by atoms with Crippen molar-refractivity contribution in [1.82, 2.24) is 4.98 Å². The van der Waals surface area contributed by atoms with Crippen molar-refractivity contribution < 1.29 is 15.3 Å². The maximum absolute atomic E-state index is 9.48. The Morgan fingerprint density at radius 3 is 2.64 bits per heavy atom. The predicted molar refractivity (Wildman–Crippen MR) is 50.9 cm³/mol. The smallest absolute Gasteiger partial charge is 0.140 e. The number of aromatic hydroxyl groups is 1. The molecule has 5 N–H and O–H groups in total. The van der Waals surface area contributed by atoms with Crippen LogP contribution in [0.1, 0.15) is 11.8 Å². The lowest BCUT2D eigenvalue weighted by Crippen LogP contribution is -2.27. The zero-order valence-corrected chi connectivity index (χ0v) is 8.02. The van der Waals surface area contributed by atoms with E-state index in [4.69, 9.17) is 17.3 Å². The average Bonchev–Trinajstić information content (AvgIpc) is 2.19. The lowest BCUT2D eigenvalue weighted by Gasteiger charge is -2.16. The van der Waals surface area contributed by atoms with Gasteiger partial charge in [0.15, 0.2) is 0 Å². The molecule has 1 aromatic heterocycles. The van der Waals surface area contributed by atoms with Crippen LogP contribution in [0.3, 0.4) is 0 Å². The van der Waals surface area contributed by atoms with E-state index in [1.807, 2.05) is 0 Å². The first-order valence-electron chi connectivity index (χ1n) is 3.98. The van der Waals surface area contributed by atoms with Gasteiger partial charge in [-0.05, 0) is 12.1 Å². The Bertz CT molecular complexity index is 321. The van der Waals surface area contributed by atoms with E-state index in [9.17, 15) is 15.3 Å². The SMILES string of the molecule is NCC(O)C(O)c1nc(Cl)ccc1O. The van der Waals surface area contributed by atoms with Crippen molar-refractivity contribution in [1.29, 1.82) is 0 Å². The van der Waals surface area contributed by atoms with Crippen molar-refractivity contribution in [2.45, 2.75) is 12.2 Å². The second-order valence-corrected chi connectivity index (χ2v) is 3.17. The van der Waals surface area contributed by atoms with Crippen LogP contribution in [0.5, 0.6) is 5.75 Å². The van der Waals surface area contributed by atoms with Crippen LogP contribution in [0.4, 0.5) is 0 Å². The highest BCUT2D eigenvalue weighted by molar-refractivity contribution is 6.29. The highest BCUT2D eigenvalue weighted by Crippen LogP contribution is 2.25. The average molecular weight is 219 g/mol. The van der Waals surface area contributed by atoms with Gasteiger partial charge in [0.2, 0.25) is 0 Å². The molecule has 0 aliphatic rings. The normalized spacial score (nSPS) is 15.1. The maximum atomic E-state index is 9.48. The molecule has 0 spiro atoms. The second-order valence-electron chi connectivity index (χ2n) is 2.79. The number of nitrogens with zero attached hydrogens (tertiary/aromatic N) is 1. The Morgan fingerprint density at radius 1 is 1.43 bits per heavy atom. The second kappa shape index (κ2) is 4.56. The van der Waals surface area contributed by atoms with Crippen molar-refractivity contribution in [2.24, 2.45) is 5.73 Å². The molecule has 0 aliphatic carbocycles. The number of halogens is 1. The van der Waals surface area contributed by atoms with Crippen molar-refractivity contribution >= 4 is 11.6 Å². The molecule has 5 nitrogen and oxygen atoms in total. The first kappa shape index (κ1) is 11.2. The first-order chi connectivity index (χ1) is 6.56. The van der Waals surface area contributed by atoms with Gasteiger partial charge in [-0.25, -0.2) is 4.98 Å². The summed E-state index contributed by atoms with van der Waals surface area (Å²) in [4.78, 5) is 3.69. The van der Waals surface area contributed by atoms with Crippen LogP contribution in [0.25, 0.3) is 0 Å². The van der Waals surface area contributed by atoms with Gasteiger partial charge in [0.05, 0.1) is 6.10 Å². The molecular weight excluding hydrogens is 208 g/mol. The van der Waals surface area contributed by atoms with Gasteiger partial charge in [-0.15, -0.1) is 0 Å². The summed E-state index contributed by atoms with van der Waals surface area (Å²) in [5.41, 5.74) is 5.07. The monoisotopic (exact) mass is 218 g/mol. The molecule has 2 unspecified atom stereocenters. The molecule has 0 bridgehead atoms. The number of pyridine rings is 1. The van der Waals surface area contributed by atoms with Gasteiger partial charge in [0.25, 0.3) is 0 Å². The van der Waals surface area contributed by atoms with Gasteiger partial charge < -0.3 is 21.1 Å². The van der Waals surface area contributed by atoms with Crippen LogP contribution in [-0.4, -0.2) is 33.0 Å². The Hall–Kier alpha value is -0.880. The molecule has 14 heavy (non-hydrogen) atoms. The van der Waals surface area contributed by atoms with Gasteiger partial charge in [-0.1, -0.05) is 11.6 Å². The van der Waals surface area contributed by atoms with E-state index in [0.717, 1.165) is 0 Å². The predicted octanol–water partition coefficient (Wildman–Crippen LogP) is -0.206. The number of nitrogens with two attached hydrogens (primary N) is 1. The number of aliphatic hydroxyl groups is 2. The zero-order chi connectivity index (χ0) is 10.7. The molecule has 0 amide bonds. The van der Waals surface area contributed by atoms with Crippen molar-refractivity contribution in [3.05, 3.63) is 23.0 Å². The Balaban J connectivity index is 2.99. The molecule has 0 aromatic carbocycles. The van der Waals surface area contributed by atoms with E-state index in [0.29, 0.717) is 0 Å². The summed E-state index contributed by atoms with van der Waals surface area (Å²) in [6.07, 6.45) is -2.51. The molecule has 1 rings (SSSR count). The third-order valence-electron chi connectivity index (χ3n) is 1.75. The van der Waals surface area contributed by atoms with Gasteiger partial charge >= 0.3 is 0 Å². The number of aromatic nitrogens is 1. The van der Waals surface area contributed by atoms with Crippen LogP contribution in [-0.2, 0) is 0 Å². The zero-order valence-electron chi connectivity index (χ0n) is 7.26. The fourth-order valence-corrected chi connectivity index (χ4v) is 1.13. The minimum atomic E-state index is -1.33. The van der Waals surface area contributed by atoms with E-state index < -0.39 is 12.2 Å². The van der Waals surface area contributed by atoms with Gasteiger partial charge in [0, 0.05) is 6.54 Å². The quantitative estimate of drug-likeness (QED) is 0.527. The Kier molecular flexibility index (Phi) is 3.65. The molecule has 0 fully saturated rings. The highest BCUT2D eigenvalue weighted by Gasteiger charge is 2.21. The molecule has 0 saturated heterocycles. The van der Waals surface area contributed by atoms with Crippen LogP contribution in [0.2, 0.25) is 5.15 Å². The number of hydrogen-bond acceptors (Lipinski definition) is 5. The van der Waals surface area contributed by atoms with Crippen LogP contribution < -0.4 is 5.73 Å². The first-order valence-corrected chi connectivity index (χ1v) is 4.35. The van der Waals surface area contributed by atoms with E-state index >= 15 is 0 Å². The minimum Gasteiger partial charge on any atom is -0.506 e. The summed E-state index contributed by atoms with van der Waals surface area (Å²) in [5, 5.41) is 28.2. The number of rotatable bonds is 3. The van der Waals surface area contributed by atoms with E-state index in [1.165, 1.54) is 12.1 Å². The third-order valence-corrected chi connectivity index (χ3v) is 1.97. The summed E-state index contributed by atoms with van der Waals surface area (Å²) >= 11 is 5.56. The van der Waals surface area contributed by atoms with Crippen LogP contribution in [0.15, 0.2) is 12.1 Å². The standard InChI is InChI=1S/C8H11ClN2O3/c9-6-2-1-4(12)7(11-6)8(14)5(13)3-10/h1-2,5,8,12-14H,3,10H2. The molecule has 0 saturated carbocycles. The largest absolute Gasteiger partial charge is 0.506 e. The molecule has 6 heteroatoms. The minimum absolute atomic E-state index is 0.0737. The lowest BCUT2D eigenvalue weighted by molar-refractivity contribution is 0.0202. The summed E-state index contributed by atoms with van der Waals surface area (Å²) < 4.78 is 0. The van der Waals surface area contributed by atoms with Crippen LogP contribution in [0, 0.1) is 0 Å². The lowest BCUT2D eigenvalue weighted by atomic mass is 10.1. The summed E-state index contributed by atoms with van der Waals surface area (Å²) in [6, 6.07) is 2.67. The fraction of sp³-hybridized carbons (Fsp3) is 0.375. The van der Waals surface area contributed by atoms with Crippen molar-refractivity contribution in [3.8, 4) is 5.75 Å². The van der Waals surface area contributed by atoms with Crippen LogP contribution >= 0.6 is 11.6 Å². The summed E-state index contributed by atoms with van der Waals surface area (Å²) in [7, 11) is 0. The van der Waals surface area contributed by atoms with Gasteiger partial charge in [-0.2, -0.15) is 0 Å². The molecule has 1 heterocycles. The maximum Gasteiger partial charge on any atom is 0.140 e. The summed E-state index contributed by atoms with van der Waals surface area (Å²) in [6.45, 7) is -0.130. The van der Waals surface area contributed by atoms with Crippen molar-refractivity contribution in [2.75, 3.05) is 6.54 Å². The van der Waals surface area contributed by atoms with E-state index in [-0.39, 0.29) is 23.1 Å². The van der Waals surface area contributed by atoms with Gasteiger partial charge in [0.1, 0.15) is 22.7 Å². The fourth-order valence-electron chi connectivity index (χ4n) is 0.971. The third kappa shape index (κ3) is 2.33. The van der Waals surface area contributed by atoms with E-state index in [2.05, 4.69) is 4.98 Å². The summed E-state index contributed by atoms with van der Waals surface area (Å²) in [5.74, 6) is -0.227. The van der Waals surface area contributed by atoms with Crippen molar-refractivity contribution in [3.63, 3.8) is 0 Å².